The van der Waals surface area contributed by atoms with Gasteiger partial charge >= 0.3 is 0 Å². The Kier molecular flexibility index (Phi) is 5.25. The van der Waals surface area contributed by atoms with Crippen LogP contribution in [0.4, 0.5) is 11.8 Å². The third-order valence-electron chi connectivity index (χ3n) is 2.62. The zero-order valence-corrected chi connectivity index (χ0v) is 11.8. The lowest BCUT2D eigenvalue weighted by atomic mass is 10.3. The molecule has 0 aliphatic rings. The Bertz CT molecular complexity index is 532. The Labute approximate surface area is 118 Å². The molecule has 2 heterocycles. The standard InChI is InChI=1S/C14H19N5O/c1-11-9-13(17-10-12-5-3-4-6-15-12)19-14(18-11)16-7-8-20-2/h3-6,9H,7-8,10H2,1-2H3,(H2,16,17,18,19). The lowest BCUT2D eigenvalue weighted by Crippen LogP contribution is -2.12. The number of hydrogen-bond donors (Lipinski definition) is 2. The molecule has 0 saturated carbocycles. The van der Waals surface area contributed by atoms with Crippen molar-refractivity contribution in [3.8, 4) is 0 Å². The van der Waals surface area contributed by atoms with Gasteiger partial charge in [-0.25, -0.2) is 4.98 Å². The molecule has 0 unspecified atom stereocenters. The highest BCUT2D eigenvalue weighted by Crippen LogP contribution is 2.10. The summed E-state index contributed by atoms with van der Waals surface area (Å²) in [5.41, 5.74) is 1.88. The van der Waals surface area contributed by atoms with Crippen LogP contribution in [0.1, 0.15) is 11.4 Å². The minimum Gasteiger partial charge on any atom is -0.383 e. The summed E-state index contributed by atoms with van der Waals surface area (Å²) in [5, 5.41) is 6.37. The fraction of sp³-hybridized carbons (Fsp3) is 0.357. The molecule has 2 N–H and O–H groups in total. The summed E-state index contributed by atoms with van der Waals surface area (Å²) in [5.74, 6) is 1.38. The number of aromatic nitrogens is 3. The number of hydrogen-bond acceptors (Lipinski definition) is 6. The van der Waals surface area contributed by atoms with Crippen molar-refractivity contribution in [1.82, 2.24) is 15.0 Å². The second-order valence-corrected chi connectivity index (χ2v) is 4.31. The van der Waals surface area contributed by atoms with Gasteiger partial charge in [0.15, 0.2) is 0 Å². The van der Waals surface area contributed by atoms with Crippen LogP contribution in [0.3, 0.4) is 0 Å². The molecule has 0 saturated heterocycles. The van der Waals surface area contributed by atoms with Crippen molar-refractivity contribution in [3.63, 3.8) is 0 Å². The average Bonchev–Trinajstić information content (AvgIpc) is 2.46. The zero-order chi connectivity index (χ0) is 14.2. The molecule has 0 amide bonds. The first-order valence-electron chi connectivity index (χ1n) is 6.50. The molecule has 0 bridgehead atoms. The molecule has 2 aromatic heterocycles. The van der Waals surface area contributed by atoms with Crippen LogP contribution < -0.4 is 10.6 Å². The summed E-state index contributed by atoms with van der Waals surface area (Å²) in [6.07, 6.45) is 1.78. The van der Waals surface area contributed by atoms with Gasteiger partial charge in [0, 0.05) is 31.6 Å². The number of ether oxygens (including phenoxy) is 1. The molecule has 0 fully saturated rings. The van der Waals surface area contributed by atoms with E-state index in [1.54, 1.807) is 13.3 Å². The molecule has 0 radical (unpaired) electrons. The molecule has 0 aliphatic heterocycles. The van der Waals surface area contributed by atoms with Crippen molar-refractivity contribution in [2.45, 2.75) is 13.5 Å². The van der Waals surface area contributed by atoms with Gasteiger partial charge in [-0.2, -0.15) is 4.98 Å². The summed E-state index contributed by atoms with van der Waals surface area (Å²) in [7, 11) is 1.67. The maximum absolute atomic E-state index is 4.99. The average molecular weight is 273 g/mol. The third kappa shape index (κ3) is 4.47. The number of methoxy groups -OCH3 is 1. The lowest BCUT2D eigenvalue weighted by molar-refractivity contribution is 0.210. The van der Waals surface area contributed by atoms with Gasteiger partial charge in [-0.1, -0.05) is 6.07 Å². The van der Waals surface area contributed by atoms with Crippen molar-refractivity contribution >= 4 is 11.8 Å². The van der Waals surface area contributed by atoms with Crippen LogP contribution in [0, 0.1) is 6.92 Å². The SMILES string of the molecule is COCCNc1nc(C)cc(NCc2ccccn2)n1. The number of rotatable bonds is 7. The predicted molar refractivity (Wildman–Crippen MR) is 78.7 cm³/mol. The van der Waals surface area contributed by atoms with Crippen LogP contribution in [0.15, 0.2) is 30.5 Å². The lowest BCUT2D eigenvalue weighted by Gasteiger charge is -2.09. The first-order valence-corrected chi connectivity index (χ1v) is 6.50. The van der Waals surface area contributed by atoms with E-state index in [9.17, 15) is 0 Å². The summed E-state index contributed by atoms with van der Waals surface area (Å²) >= 11 is 0. The minimum atomic E-state index is 0.602. The quantitative estimate of drug-likeness (QED) is 0.750. The molecular weight excluding hydrogens is 254 g/mol. The molecule has 0 aromatic carbocycles. The summed E-state index contributed by atoms with van der Waals surface area (Å²) in [4.78, 5) is 13.0. The second-order valence-electron chi connectivity index (χ2n) is 4.31. The van der Waals surface area contributed by atoms with Crippen LogP contribution in [-0.4, -0.2) is 35.2 Å². The Balaban J connectivity index is 1.97. The molecule has 0 spiro atoms. The van der Waals surface area contributed by atoms with E-state index in [-0.39, 0.29) is 0 Å². The zero-order valence-electron chi connectivity index (χ0n) is 11.8. The van der Waals surface area contributed by atoms with Crippen LogP contribution in [0.25, 0.3) is 0 Å². The Morgan fingerprint density at radius 1 is 1.20 bits per heavy atom. The van der Waals surface area contributed by atoms with Gasteiger partial charge in [-0.3, -0.25) is 4.98 Å². The van der Waals surface area contributed by atoms with Crippen molar-refractivity contribution in [2.75, 3.05) is 30.9 Å². The van der Waals surface area contributed by atoms with E-state index in [2.05, 4.69) is 25.6 Å². The summed E-state index contributed by atoms with van der Waals surface area (Å²) < 4.78 is 4.99. The van der Waals surface area contributed by atoms with Gasteiger partial charge in [0.2, 0.25) is 5.95 Å². The monoisotopic (exact) mass is 273 g/mol. The van der Waals surface area contributed by atoms with E-state index < -0.39 is 0 Å². The molecule has 2 aromatic rings. The van der Waals surface area contributed by atoms with E-state index in [1.807, 2.05) is 31.2 Å². The molecule has 2 rings (SSSR count). The predicted octanol–water partition coefficient (Wildman–Crippen LogP) is 1.85. The Morgan fingerprint density at radius 2 is 2.10 bits per heavy atom. The molecule has 6 heteroatoms. The number of anilines is 2. The normalized spacial score (nSPS) is 10.3. The van der Waals surface area contributed by atoms with Gasteiger partial charge in [-0.05, 0) is 19.1 Å². The first kappa shape index (κ1) is 14.2. The molecular formula is C14H19N5O. The van der Waals surface area contributed by atoms with Gasteiger partial charge < -0.3 is 15.4 Å². The van der Waals surface area contributed by atoms with Gasteiger partial charge in [-0.15, -0.1) is 0 Å². The largest absolute Gasteiger partial charge is 0.383 e. The number of pyridine rings is 1. The van der Waals surface area contributed by atoms with E-state index in [0.29, 0.717) is 25.6 Å². The van der Waals surface area contributed by atoms with Crippen LogP contribution >= 0.6 is 0 Å². The molecule has 6 nitrogen and oxygen atoms in total. The topological polar surface area (TPSA) is 72.0 Å². The number of aryl methyl sites for hydroxylation is 1. The van der Waals surface area contributed by atoms with Crippen LogP contribution in [0.2, 0.25) is 0 Å². The van der Waals surface area contributed by atoms with Gasteiger partial charge in [0.1, 0.15) is 5.82 Å². The highest BCUT2D eigenvalue weighted by Gasteiger charge is 2.02. The van der Waals surface area contributed by atoms with E-state index in [1.165, 1.54) is 0 Å². The van der Waals surface area contributed by atoms with Crippen molar-refractivity contribution < 1.29 is 4.74 Å². The van der Waals surface area contributed by atoms with Crippen molar-refractivity contribution in [1.29, 1.82) is 0 Å². The van der Waals surface area contributed by atoms with Crippen molar-refractivity contribution in [3.05, 3.63) is 41.9 Å². The fourth-order valence-corrected chi connectivity index (χ4v) is 1.69. The minimum absolute atomic E-state index is 0.602. The molecule has 20 heavy (non-hydrogen) atoms. The second kappa shape index (κ2) is 7.40. The highest BCUT2D eigenvalue weighted by atomic mass is 16.5. The van der Waals surface area contributed by atoms with E-state index in [4.69, 9.17) is 4.74 Å². The Morgan fingerprint density at radius 3 is 2.85 bits per heavy atom. The number of nitrogens with one attached hydrogen (secondary N) is 2. The van der Waals surface area contributed by atoms with Crippen LogP contribution in [-0.2, 0) is 11.3 Å². The van der Waals surface area contributed by atoms with Gasteiger partial charge in [0.05, 0.1) is 18.8 Å². The highest BCUT2D eigenvalue weighted by molar-refractivity contribution is 5.42. The van der Waals surface area contributed by atoms with E-state index in [0.717, 1.165) is 17.2 Å². The third-order valence-corrected chi connectivity index (χ3v) is 2.62. The first-order chi connectivity index (χ1) is 9.78. The fourth-order valence-electron chi connectivity index (χ4n) is 1.69. The van der Waals surface area contributed by atoms with Gasteiger partial charge in [0.25, 0.3) is 0 Å². The molecule has 0 atom stereocenters. The summed E-state index contributed by atoms with van der Waals surface area (Å²) in [6, 6.07) is 7.74. The molecule has 0 aliphatic carbocycles. The smallest absolute Gasteiger partial charge is 0.224 e. The van der Waals surface area contributed by atoms with Crippen molar-refractivity contribution in [2.24, 2.45) is 0 Å². The maximum atomic E-state index is 4.99. The Hall–Kier alpha value is -2.21. The number of nitrogens with zero attached hydrogens (tertiary/aromatic N) is 3. The molecule has 106 valence electrons. The maximum Gasteiger partial charge on any atom is 0.224 e. The van der Waals surface area contributed by atoms with Crippen LogP contribution in [0.5, 0.6) is 0 Å². The van der Waals surface area contributed by atoms with E-state index >= 15 is 0 Å². The summed E-state index contributed by atoms with van der Waals surface area (Å²) in [6.45, 7) is 3.87.